The highest BCUT2D eigenvalue weighted by Crippen LogP contribution is 2.46. The number of ether oxygens (including phenoxy) is 1. The number of nitrogens with one attached hydrogen (secondary N) is 1. The number of rotatable bonds is 6. The number of carbonyl (C=O) groups is 1. The average Bonchev–Trinajstić information content (AvgIpc) is 3.00. The summed E-state index contributed by atoms with van der Waals surface area (Å²) in [5.41, 5.74) is 3.30. The van der Waals surface area contributed by atoms with Crippen LogP contribution in [0.1, 0.15) is 24.2 Å². The van der Waals surface area contributed by atoms with Crippen LogP contribution in [-0.2, 0) is 22.7 Å². The third-order valence-corrected chi connectivity index (χ3v) is 3.61. The Morgan fingerprint density at radius 1 is 1.36 bits per heavy atom. The molecule has 1 heterocycles. The van der Waals surface area contributed by atoms with Gasteiger partial charge in [-0.1, -0.05) is 41.1 Å². The number of methoxy groups -OCH3 is 1. The van der Waals surface area contributed by atoms with Crippen LogP contribution in [0.4, 0.5) is 0 Å². The monoisotopic (exact) mass is 299 g/mol. The maximum absolute atomic E-state index is 12.2. The molecule has 0 spiro atoms. The normalized spacial score (nSPS) is 16.7. The smallest absolute Gasteiger partial charge is 0.246 e. The molecule has 0 unspecified atom stereocenters. The highest BCUT2D eigenvalue weighted by Gasteiger charge is 2.39. The van der Waals surface area contributed by atoms with E-state index in [0.29, 0.717) is 18.3 Å². The third kappa shape index (κ3) is 2.92. The van der Waals surface area contributed by atoms with Gasteiger partial charge in [0.25, 0.3) is 0 Å². The van der Waals surface area contributed by atoms with Gasteiger partial charge < -0.3 is 14.6 Å². The Bertz CT molecular complexity index is 706. The number of benzene rings is 1. The van der Waals surface area contributed by atoms with Crippen LogP contribution in [0.2, 0.25) is 0 Å². The van der Waals surface area contributed by atoms with E-state index in [1.807, 2.05) is 37.3 Å². The van der Waals surface area contributed by atoms with Crippen molar-refractivity contribution in [1.29, 1.82) is 0 Å². The summed E-state index contributed by atoms with van der Waals surface area (Å²) in [6, 6.07) is 9.93. The molecule has 1 aliphatic rings. The molecule has 0 fully saturated rings. The van der Waals surface area contributed by atoms with Crippen molar-refractivity contribution in [2.75, 3.05) is 7.11 Å². The van der Waals surface area contributed by atoms with E-state index in [-0.39, 0.29) is 18.4 Å². The molecule has 2 aromatic rings. The van der Waals surface area contributed by atoms with Crippen LogP contribution in [0.15, 0.2) is 40.4 Å². The van der Waals surface area contributed by atoms with E-state index >= 15 is 0 Å². The maximum Gasteiger partial charge on any atom is 0.246 e. The van der Waals surface area contributed by atoms with Crippen molar-refractivity contribution >= 4 is 11.5 Å². The van der Waals surface area contributed by atoms with Crippen LogP contribution in [0.5, 0.6) is 0 Å². The summed E-state index contributed by atoms with van der Waals surface area (Å²) in [5, 5.41) is 6.58. The van der Waals surface area contributed by atoms with Crippen molar-refractivity contribution in [1.82, 2.24) is 15.5 Å². The van der Waals surface area contributed by atoms with Gasteiger partial charge in [-0.15, -0.1) is 0 Å². The second-order valence-corrected chi connectivity index (χ2v) is 5.15. The molecule has 1 aromatic heterocycles. The van der Waals surface area contributed by atoms with Crippen LogP contribution >= 0.6 is 0 Å². The summed E-state index contributed by atoms with van der Waals surface area (Å²) in [6.45, 7) is 2.50. The first-order valence-electron chi connectivity index (χ1n) is 7.05. The molecule has 3 rings (SSSR count). The van der Waals surface area contributed by atoms with E-state index in [2.05, 4.69) is 15.5 Å². The topological polar surface area (TPSA) is 77.3 Å². The van der Waals surface area contributed by atoms with Crippen LogP contribution in [0, 0.1) is 5.92 Å². The first-order valence-corrected chi connectivity index (χ1v) is 7.05. The van der Waals surface area contributed by atoms with Crippen LogP contribution in [0.25, 0.3) is 5.57 Å². The van der Waals surface area contributed by atoms with Crippen molar-refractivity contribution in [2.45, 2.75) is 20.1 Å². The van der Waals surface area contributed by atoms with E-state index in [0.717, 1.165) is 16.7 Å². The second kappa shape index (κ2) is 6.11. The summed E-state index contributed by atoms with van der Waals surface area (Å²) in [6.07, 6.45) is 0. The van der Waals surface area contributed by atoms with Crippen molar-refractivity contribution in [3.05, 3.63) is 53.2 Å². The summed E-state index contributed by atoms with van der Waals surface area (Å²) in [7, 11) is 1.56. The van der Waals surface area contributed by atoms with Gasteiger partial charge in [-0.2, -0.15) is 4.98 Å². The van der Waals surface area contributed by atoms with Crippen LogP contribution in [-0.4, -0.2) is 23.2 Å². The SMILES string of the molecule is COCc1noc(CNC(=O)[C@H]2C(C)=C2c2ccccc2)n1. The highest BCUT2D eigenvalue weighted by atomic mass is 16.5. The Hall–Kier alpha value is -2.47. The quantitative estimate of drug-likeness (QED) is 0.882. The fourth-order valence-electron chi connectivity index (χ4n) is 2.48. The van der Waals surface area contributed by atoms with E-state index in [1.165, 1.54) is 0 Å². The van der Waals surface area contributed by atoms with Crippen LogP contribution < -0.4 is 5.32 Å². The number of hydrogen-bond donors (Lipinski definition) is 1. The van der Waals surface area contributed by atoms with Gasteiger partial charge in [-0.25, -0.2) is 0 Å². The van der Waals surface area contributed by atoms with E-state index in [9.17, 15) is 4.79 Å². The Balaban J connectivity index is 1.55. The summed E-state index contributed by atoms with van der Waals surface area (Å²) < 4.78 is 9.95. The van der Waals surface area contributed by atoms with E-state index < -0.39 is 0 Å². The Kier molecular flexibility index (Phi) is 4.02. The average molecular weight is 299 g/mol. The fraction of sp³-hybridized carbons (Fsp3) is 0.312. The van der Waals surface area contributed by atoms with E-state index in [4.69, 9.17) is 9.26 Å². The molecule has 6 nitrogen and oxygen atoms in total. The molecular formula is C16H17N3O3. The number of carbonyl (C=O) groups excluding carboxylic acids is 1. The molecule has 1 atom stereocenters. The van der Waals surface area contributed by atoms with Gasteiger partial charge in [0.05, 0.1) is 12.5 Å². The van der Waals surface area contributed by atoms with Gasteiger partial charge >= 0.3 is 0 Å². The van der Waals surface area contributed by atoms with Crippen molar-refractivity contribution in [3.8, 4) is 0 Å². The van der Waals surface area contributed by atoms with Crippen molar-refractivity contribution < 1.29 is 14.1 Å². The Labute approximate surface area is 128 Å². The standard InChI is InChI=1S/C16H17N3O3/c1-10-14(11-6-4-3-5-7-11)15(10)16(20)17-8-13-18-12(9-21-2)19-22-13/h3-7,15H,8-9H2,1-2H3,(H,17,20)/t15-/m0/s1. The lowest BCUT2D eigenvalue weighted by atomic mass is 10.1. The van der Waals surface area contributed by atoms with Crippen molar-refractivity contribution in [3.63, 3.8) is 0 Å². The minimum Gasteiger partial charge on any atom is -0.377 e. The van der Waals surface area contributed by atoms with E-state index in [1.54, 1.807) is 7.11 Å². The lowest BCUT2D eigenvalue weighted by molar-refractivity contribution is -0.121. The minimum absolute atomic E-state index is 0.0390. The molecule has 0 aliphatic heterocycles. The molecule has 22 heavy (non-hydrogen) atoms. The molecule has 1 aliphatic carbocycles. The number of hydrogen-bond acceptors (Lipinski definition) is 5. The number of nitrogens with zero attached hydrogens (tertiary/aromatic N) is 2. The van der Waals surface area contributed by atoms with Gasteiger partial charge in [0.2, 0.25) is 11.8 Å². The zero-order valence-electron chi connectivity index (χ0n) is 12.5. The lowest BCUT2D eigenvalue weighted by Gasteiger charge is -2.03. The molecule has 114 valence electrons. The molecule has 0 bridgehead atoms. The largest absolute Gasteiger partial charge is 0.377 e. The first kappa shape index (κ1) is 14.5. The zero-order valence-corrected chi connectivity index (χ0v) is 12.5. The Morgan fingerprint density at radius 3 is 2.86 bits per heavy atom. The molecule has 1 N–H and O–H groups in total. The summed E-state index contributed by atoms with van der Waals surface area (Å²) in [5.74, 6) is 0.657. The molecule has 1 amide bonds. The predicted octanol–water partition coefficient (Wildman–Crippen LogP) is 1.94. The maximum atomic E-state index is 12.2. The van der Waals surface area contributed by atoms with Gasteiger partial charge in [0.1, 0.15) is 6.61 Å². The van der Waals surface area contributed by atoms with Crippen molar-refractivity contribution in [2.24, 2.45) is 5.92 Å². The third-order valence-electron chi connectivity index (χ3n) is 3.61. The fourth-order valence-corrected chi connectivity index (χ4v) is 2.48. The summed E-state index contributed by atoms with van der Waals surface area (Å²) >= 11 is 0. The molecule has 6 heteroatoms. The number of amides is 1. The predicted molar refractivity (Wildman–Crippen MR) is 79.4 cm³/mol. The molecule has 1 aromatic carbocycles. The second-order valence-electron chi connectivity index (χ2n) is 5.15. The molecule has 0 saturated heterocycles. The van der Waals surface area contributed by atoms with Gasteiger partial charge in [0, 0.05) is 7.11 Å². The summed E-state index contributed by atoms with van der Waals surface area (Å²) in [4.78, 5) is 16.4. The minimum atomic E-state index is -0.149. The highest BCUT2D eigenvalue weighted by molar-refractivity contribution is 6.05. The first-order chi connectivity index (χ1) is 10.7. The molecular weight excluding hydrogens is 282 g/mol. The molecule has 0 saturated carbocycles. The lowest BCUT2D eigenvalue weighted by Crippen LogP contribution is -2.26. The Morgan fingerprint density at radius 2 is 2.14 bits per heavy atom. The van der Waals surface area contributed by atoms with Gasteiger partial charge in [0.15, 0.2) is 5.82 Å². The number of aromatic nitrogens is 2. The van der Waals surface area contributed by atoms with Crippen LogP contribution in [0.3, 0.4) is 0 Å². The zero-order chi connectivity index (χ0) is 15.5. The van der Waals surface area contributed by atoms with Gasteiger partial charge in [-0.05, 0) is 18.1 Å². The molecule has 0 radical (unpaired) electrons. The van der Waals surface area contributed by atoms with Gasteiger partial charge in [-0.3, -0.25) is 4.79 Å².